The minimum Gasteiger partial charge on any atom is -0.456 e. The van der Waals surface area contributed by atoms with Gasteiger partial charge in [-0.1, -0.05) is 17.7 Å². The van der Waals surface area contributed by atoms with E-state index in [0.29, 0.717) is 19.4 Å². The highest BCUT2D eigenvalue weighted by Crippen LogP contribution is 2.11. The van der Waals surface area contributed by atoms with E-state index in [2.05, 4.69) is 4.72 Å². The Hall–Kier alpha value is -2.26. The van der Waals surface area contributed by atoms with Crippen LogP contribution in [-0.2, 0) is 29.1 Å². The fourth-order valence-electron chi connectivity index (χ4n) is 2.29. The van der Waals surface area contributed by atoms with Gasteiger partial charge in [0.1, 0.15) is 0 Å². The largest absolute Gasteiger partial charge is 0.456 e. The van der Waals surface area contributed by atoms with Crippen molar-refractivity contribution in [1.82, 2.24) is 9.62 Å². The van der Waals surface area contributed by atoms with Crippen molar-refractivity contribution < 1.29 is 27.5 Å². The number of nitrogens with zero attached hydrogens (tertiary/aromatic N) is 1. The van der Waals surface area contributed by atoms with Gasteiger partial charge in [-0.25, -0.2) is 13.1 Å². The van der Waals surface area contributed by atoms with Gasteiger partial charge in [0.2, 0.25) is 15.9 Å². The molecule has 1 aliphatic rings. The minimum atomic E-state index is -3.70. The number of carbonyl (C=O) groups is 3. The van der Waals surface area contributed by atoms with Gasteiger partial charge in [-0.2, -0.15) is 0 Å². The first-order chi connectivity index (χ1) is 11.8. The van der Waals surface area contributed by atoms with Crippen molar-refractivity contribution in [3.63, 3.8) is 0 Å². The third-order valence-corrected chi connectivity index (χ3v) is 5.16. The molecule has 0 unspecified atom stereocenters. The lowest BCUT2D eigenvalue weighted by Gasteiger charge is -2.13. The lowest BCUT2D eigenvalue weighted by Crippen LogP contribution is -2.35. The van der Waals surface area contributed by atoms with Crippen LogP contribution in [0.2, 0.25) is 0 Å². The quantitative estimate of drug-likeness (QED) is 0.696. The molecule has 1 N–H and O–H groups in total. The van der Waals surface area contributed by atoms with E-state index in [4.69, 9.17) is 4.74 Å². The lowest BCUT2D eigenvalue weighted by molar-refractivity contribution is -0.154. The summed E-state index contributed by atoms with van der Waals surface area (Å²) >= 11 is 0. The standard InChI is InChI=1S/C16H20N2O6S/c1-12-4-6-13(7-5-12)25(22,23)17-9-8-16(21)24-11-15(20)18-10-2-3-14(18)19/h4-7,17H,2-3,8-11H2,1H3. The summed E-state index contributed by atoms with van der Waals surface area (Å²) < 4.78 is 31.2. The zero-order chi connectivity index (χ0) is 18.4. The van der Waals surface area contributed by atoms with Crippen LogP contribution < -0.4 is 4.72 Å². The zero-order valence-corrected chi connectivity index (χ0v) is 14.7. The minimum absolute atomic E-state index is 0.106. The number of sulfonamides is 1. The highest BCUT2D eigenvalue weighted by molar-refractivity contribution is 7.89. The lowest BCUT2D eigenvalue weighted by atomic mass is 10.2. The molecule has 1 aromatic rings. The number of rotatable bonds is 7. The summed E-state index contributed by atoms with van der Waals surface area (Å²) in [7, 11) is -3.70. The fourth-order valence-corrected chi connectivity index (χ4v) is 3.32. The van der Waals surface area contributed by atoms with Gasteiger partial charge >= 0.3 is 5.97 Å². The Morgan fingerprint density at radius 3 is 2.52 bits per heavy atom. The van der Waals surface area contributed by atoms with Crippen LogP contribution in [0.3, 0.4) is 0 Å². The summed E-state index contributed by atoms with van der Waals surface area (Å²) in [5.41, 5.74) is 0.934. The van der Waals surface area contributed by atoms with Gasteiger partial charge in [-0.3, -0.25) is 19.3 Å². The van der Waals surface area contributed by atoms with Crippen molar-refractivity contribution in [2.24, 2.45) is 0 Å². The molecule has 2 amide bonds. The molecular weight excluding hydrogens is 348 g/mol. The fraction of sp³-hybridized carbons (Fsp3) is 0.438. The molecule has 1 heterocycles. The molecule has 0 bridgehead atoms. The van der Waals surface area contributed by atoms with E-state index in [-0.39, 0.29) is 23.8 Å². The normalized spacial score (nSPS) is 14.6. The number of benzene rings is 1. The summed E-state index contributed by atoms with van der Waals surface area (Å²) in [5, 5.41) is 0. The van der Waals surface area contributed by atoms with Crippen LogP contribution in [0.1, 0.15) is 24.8 Å². The van der Waals surface area contributed by atoms with Crippen molar-refractivity contribution in [1.29, 1.82) is 0 Å². The van der Waals surface area contributed by atoms with Crippen molar-refractivity contribution in [3.05, 3.63) is 29.8 Å². The number of hydrogen-bond donors (Lipinski definition) is 1. The molecule has 0 aliphatic carbocycles. The van der Waals surface area contributed by atoms with E-state index < -0.39 is 28.5 Å². The van der Waals surface area contributed by atoms with Crippen LogP contribution in [0.5, 0.6) is 0 Å². The van der Waals surface area contributed by atoms with Crippen LogP contribution >= 0.6 is 0 Å². The van der Waals surface area contributed by atoms with E-state index in [1.165, 1.54) is 12.1 Å². The second kappa shape index (κ2) is 8.21. The van der Waals surface area contributed by atoms with E-state index >= 15 is 0 Å². The number of carbonyl (C=O) groups excluding carboxylic acids is 3. The molecule has 9 heteroatoms. The Morgan fingerprint density at radius 1 is 1.24 bits per heavy atom. The predicted molar refractivity (Wildman–Crippen MR) is 87.9 cm³/mol. The summed E-state index contributed by atoms with van der Waals surface area (Å²) in [6.45, 7) is 1.52. The van der Waals surface area contributed by atoms with Gasteiger partial charge in [0, 0.05) is 19.5 Å². The van der Waals surface area contributed by atoms with Crippen molar-refractivity contribution >= 4 is 27.8 Å². The summed E-state index contributed by atoms with van der Waals surface area (Å²) in [6, 6.07) is 6.30. The zero-order valence-electron chi connectivity index (χ0n) is 13.9. The Bertz CT molecular complexity index is 757. The molecule has 2 rings (SSSR count). The Labute approximate surface area is 146 Å². The van der Waals surface area contributed by atoms with Gasteiger partial charge < -0.3 is 4.74 Å². The molecule has 0 spiro atoms. The van der Waals surface area contributed by atoms with Gasteiger partial charge in [-0.15, -0.1) is 0 Å². The van der Waals surface area contributed by atoms with Crippen LogP contribution in [0, 0.1) is 6.92 Å². The molecule has 1 fully saturated rings. The SMILES string of the molecule is Cc1ccc(S(=O)(=O)NCCC(=O)OCC(=O)N2CCCC2=O)cc1. The molecule has 0 aromatic heterocycles. The van der Waals surface area contributed by atoms with E-state index in [0.717, 1.165) is 10.5 Å². The van der Waals surface area contributed by atoms with Crippen LogP contribution in [0.4, 0.5) is 0 Å². The number of esters is 1. The first kappa shape index (κ1) is 19.1. The average molecular weight is 368 g/mol. The number of likely N-dealkylation sites (tertiary alicyclic amines) is 1. The second-order valence-electron chi connectivity index (χ2n) is 5.66. The summed E-state index contributed by atoms with van der Waals surface area (Å²) in [5.74, 6) is -1.55. The maximum atomic E-state index is 12.0. The van der Waals surface area contributed by atoms with Crippen molar-refractivity contribution in [2.75, 3.05) is 19.7 Å². The Kier molecular flexibility index (Phi) is 6.27. The molecule has 0 atom stereocenters. The second-order valence-corrected chi connectivity index (χ2v) is 7.43. The monoisotopic (exact) mass is 368 g/mol. The first-order valence-electron chi connectivity index (χ1n) is 7.85. The van der Waals surface area contributed by atoms with Gasteiger partial charge in [0.05, 0.1) is 11.3 Å². The van der Waals surface area contributed by atoms with Gasteiger partial charge in [0.25, 0.3) is 5.91 Å². The molecule has 1 saturated heterocycles. The van der Waals surface area contributed by atoms with Crippen LogP contribution in [-0.4, -0.2) is 50.8 Å². The third-order valence-electron chi connectivity index (χ3n) is 3.68. The number of amides is 2. The number of imide groups is 1. The van der Waals surface area contributed by atoms with Gasteiger partial charge in [0.15, 0.2) is 6.61 Å². The molecule has 0 radical (unpaired) electrons. The number of ether oxygens (including phenoxy) is 1. The summed E-state index contributed by atoms with van der Waals surface area (Å²) in [4.78, 5) is 35.9. The summed E-state index contributed by atoms with van der Waals surface area (Å²) in [6.07, 6.45) is 0.714. The van der Waals surface area contributed by atoms with Crippen LogP contribution in [0.25, 0.3) is 0 Å². The average Bonchev–Trinajstić information content (AvgIpc) is 2.99. The Morgan fingerprint density at radius 2 is 1.92 bits per heavy atom. The molecule has 1 aromatic carbocycles. The molecule has 25 heavy (non-hydrogen) atoms. The smallest absolute Gasteiger partial charge is 0.307 e. The van der Waals surface area contributed by atoms with Crippen molar-refractivity contribution in [2.45, 2.75) is 31.1 Å². The Balaban J connectivity index is 1.73. The molecule has 0 saturated carbocycles. The molecular formula is C16H20N2O6S. The number of nitrogens with one attached hydrogen (secondary N) is 1. The highest BCUT2D eigenvalue weighted by atomic mass is 32.2. The van der Waals surface area contributed by atoms with E-state index in [1.54, 1.807) is 12.1 Å². The van der Waals surface area contributed by atoms with E-state index in [9.17, 15) is 22.8 Å². The number of hydrogen-bond acceptors (Lipinski definition) is 6. The first-order valence-corrected chi connectivity index (χ1v) is 9.33. The number of aryl methyl sites for hydroxylation is 1. The molecule has 8 nitrogen and oxygen atoms in total. The predicted octanol–water partition coefficient (Wildman–Crippen LogP) is 0.356. The topological polar surface area (TPSA) is 110 Å². The van der Waals surface area contributed by atoms with Gasteiger partial charge in [-0.05, 0) is 25.5 Å². The third kappa shape index (κ3) is 5.36. The molecule has 1 aliphatic heterocycles. The van der Waals surface area contributed by atoms with Crippen LogP contribution in [0.15, 0.2) is 29.2 Å². The van der Waals surface area contributed by atoms with Crippen molar-refractivity contribution in [3.8, 4) is 0 Å². The maximum absolute atomic E-state index is 12.0. The van der Waals surface area contributed by atoms with E-state index in [1.807, 2.05) is 6.92 Å². The maximum Gasteiger partial charge on any atom is 0.307 e. The molecule has 136 valence electrons. The highest BCUT2D eigenvalue weighted by Gasteiger charge is 2.26.